The molecule has 0 radical (unpaired) electrons. The van der Waals surface area contributed by atoms with Gasteiger partial charge in [-0.15, -0.1) is 0 Å². The molecule has 0 spiro atoms. The zero-order valence-corrected chi connectivity index (χ0v) is 9.56. The van der Waals surface area contributed by atoms with E-state index in [0.717, 1.165) is 0 Å². The molecule has 0 heterocycles. The highest BCUT2D eigenvalue weighted by Crippen LogP contribution is 2.27. The van der Waals surface area contributed by atoms with Gasteiger partial charge < -0.3 is 11.1 Å². The largest absolute Gasteiger partial charge is 0.399 e. The Hall–Kier alpha value is -2.70. The van der Waals surface area contributed by atoms with Gasteiger partial charge in [0.2, 0.25) is 0 Å². The Balaban J connectivity index is 2.35. The van der Waals surface area contributed by atoms with Gasteiger partial charge in [0.05, 0.1) is 17.1 Å². The average Bonchev–Trinajstić information content (AvgIpc) is 2.35. The van der Waals surface area contributed by atoms with E-state index in [1.807, 2.05) is 0 Å². The fourth-order valence-electron chi connectivity index (χ4n) is 1.50. The minimum atomic E-state index is -1.04. The van der Waals surface area contributed by atoms with Gasteiger partial charge in [0, 0.05) is 11.4 Å². The first-order valence-electron chi connectivity index (χ1n) is 5.23. The molecule has 0 saturated carbocycles. The molecule has 0 aromatic heterocycles. The van der Waals surface area contributed by atoms with Crippen molar-refractivity contribution in [2.45, 2.75) is 0 Å². The molecule has 0 fully saturated rings. The first-order valence-corrected chi connectivity index (χ1v) is 5.23. The van der Waals surface area contributed by atoms with Gasteiger partial charge in [0.15, 0.2) is 11.6 Å². The summed E-state index contributed by atoms with van der Waals surface area (Å²) in [5.41, 5.74) is 5.32. The van der Waals surface area contributed by atoms with Crippen LogP contribution >= 0.6 is 0 Å². The maximum absolute atomic E-state index is 13.6. The Bertz CT molecular complexity index is 606. The first-order chi connectivity index (χ1) is 8.97. The van der Waals surface area contributed by atoms with Gasteiger partial charge in [-0.1, -0.05) is 0 Å². The summed E-state index contributed by atoms with van der Waals surface area (Å²) < 4.78 is 27.2. The lowest BCUT2D eigenvalue weighted by Gasteiger charge is -2.08. The molecule has 0 aliphatic carbocycles. The van der Waals surface area contributed by atoms with Crippen LogP contribution in [0.1, 0.15) is 0 Å². The quantitative estimate of drug-likeness (QED) is 0.507. The van der Waals surface area contributed by atoms with Crippen LogP contribution in [0, 0.1) is 21.7 Å². The second-order valence-corrected chi connectivity index (χ2v) is 3.79. The van der Waals surface area contributed by atoms with Gasteiger partial charge in [-0.05, 0) is 24.3 Å². The van der Waals surface area contributed by atoms with Crippen LogP contribution in [0.3, 0.4) is 0 Å². The molecule has 98 valence electrons. The third-order valence-corrected chi connectivity index (χ3v) is 2.42. The molecule has 0 amide bonds. The normalized spacial score (nSPS) is 10.2. The molecule has 19 heavy (non-hydrogen) atoms. The molecule has 0 unspecified atom stereocenters. The number of rotatable bonds is 3. The number of nitrogens with zero attached hydrogens (tertiary/aromatic N) is 1. The molecule has 2 rings (SSSR count). The zero-order chi connectivity index (χ0) is 14.0. The molecule has 2 aromatic carbocycles. The molecule has 0 bridgehead atoms. The lowest BCUT2D eigenvalue weighted by Crippen LogP contribution is -2.00. The van der Waals surface area contributed by atoms with E-state index >= 15 is 0 Å². The van der Waals surface area contributed by atoms with Crippen LogP contribution < -0.4 is 11.1 Å². The van der Waals surface area contributed by atoms with E-state index < -0.39 is 27.9 Å². The van der Waals surface area contributed by atoms with Crippen molar-refractivity contribution in [3.05, 3.63) is 58.1 Å². The number of nitro groups is 1. The summed E-state index contributed by atoms with van der Waals surface area (Å²) in [7, 11) is 0. The lowest BCUT2D eigenvalue weighted by molar-refractivity contribution is -0.385. The number of halogens is 2. The van der Waals surface area contributed by atoms with Crippen molar-refractivity contribution in [1.29, 1.82) is 0 Å². The molecule has 5 nitrogen and oxygen atoms in total. The van der Waals surface area contributed by atoms with E-state index in [1.54, 1.807) is 12.1 Å². The SMILES string of the molecule is Nc1ccc(Nc2c(F)cc([N+](=O)[O-])cc2F)cc1. The van der Waals surface area contributed by atoms with Crippen LogP contribution in [0.4, 0.5) is 31.5 Å². The van der Waals surface area contributed by atoms with E-state index in [1.165, 1.54) is 12.1 Å². The second kappa shape index (κ2) is 4.89. The maximum Gasteiger partial charge on any atom is 0.275 e. The van der Waals surface area contributed by atoms with Crippen molar-refractivity contribution in [3.8, 4) is 0 Å². The van der Waals surface area contributed by atoms with Gasteiger partial charge >= 0.3 is 0 Å². The summed E-state index contributed by atoms with van der Waals surface area (Å²) in [6.45, 7) is 0. The summed E-state index contributed by atoms with van der Waals surface area (Å²) in [6, 6.07) is 7.50. The number of nitro benzene ring substituents is 1. The van der Waals surface area contributed by atoms with Crippen molar-refractivity contribution >= 4 is 22.7 Å². The molecule has 3 N–H and O–H groups in total. The molecule has 2 aromatic rings. The topological polar surface area (TPSA) is 81.2 Å². The number of hydrogen-bond acceptors (Lipinski definition) is 4. The second-order valence-electron chi connectivity index (χ2n) is 3.79. The molecule has 0 aliphatic rings. The van der Waals surface area contributed by atoms with Crippen LogP contribution in [-0.4, -0.2) is 4.92 Å². The summed E-state index contributed by atoms with van der Waals surface area (Å²) >= 11 is 0. The molecular weight excluding hydrogens is 256 g/mol. The highest BCUT2D eigenvalue weighted by Gasteiger charge is 2.17. The van der Waals surface area contributed by atoms with Gasteiger partial charge in [0.25, 0.3) is 5.69 Å². The van der Waals surface area contributed by atoms with Gasteiger partial charge in [-0.25, -0.2) is 8.78 Å². The molecular formula is C12H9F2N3O2. The molecule has 0 saturated heterocycles. The monoisotopic (exact) mass is 265 g/mol. The highest BCUT2D eigenvalue weighted by atomic mass is 19.1. The van der Waals surface area contributed by atoms with Crippen LogP contribution in [0.15, 0.2) is 36.4 Å². The Morgan fingerprint density at radius 1 is 1.11 bits per heavy atom. The van der Waals surface area contributed by atoms with Crippen molar-refractivity contribution in [2.24, 2.45) is 0 Å². The van der Waals surface area contributed by atoms with Crippen LogP contribution in [0.2, 0.25) is 0 Å². The average molecular weight is 265 g/mol. The summed E-state index contributed by atoms with van der Waals surface area (Å²) in [4.78, 5) is 9.59. The van der Waals surface area contributed by atoms with Crippen molar-refractivity contribution < 1.29 is 13.7 Å². The maximum atomic E-state index is 13.6. The smallest absolute Gasteiger partial charge is 0.275 e. The Morgan fingerprint density at radius 2 is 1.63 bits per heavy atom. The van der Waals surface area contributed by atoms with E-state index in [9.17, 15) is 18.9 Å². The lowest BCUT2D eigenvalue weighted by atomic mass is 10.2. The van der Waals surface area contributed by atoms with Crippen LogP contribution in [0.25, 0.3) is 0 Å². The Morgan fingerprint density at radius 3 is 2.11 bits per heavy atom. The summed E-state index contributed by atoms with van der Waals surface area (Å²) in [5, 5.41) is 13.0. The van der Waals surface area contributed by atoms with E-state index in [-0.39, 0.29) is 0 Å². The Kier molecular flexibility index (Phi) is 3.28. The highest BCUT2D eigenvalue weighted by molar-refractivity contribution is 5.64. The summed E-state index contributed by atoms with van der Waals surface area (Å²) in [6.07, 6.45) is 0. The van der Waals surface area contributed by atoms with E-state index in [0.29, 0.717) is 23.5 Å². The van der Waals surface area contributed by atoms with Crippen molar-refractivity contribution in [2.75, 3.05) is 11.1 Å². The standard InChI is InChI=1S/C12H9F2N3O2/c13-10-5-9(17(18)19)6-11(14)12(10)16-8-3-1-7(15)2-4-8/h1-6,16H,15H2. The number of benzene rings is 2. The zero-order valence-electron chi connectivity index (χ0n) is 9.56. The van der Waals surface area contributed by atoms with Crippen molar-refractivity contribution in [3.63, 3.8) is 0 Å². The number of non-ortho nitro benzene ring substituents is 1. The Labute approximate surface area is 106 Å². The molecule has 7 heteroatoms. The molecule has 0 aliphatic heterocycles. The number of nitrogens with two attached hydrogens (primary N) is 1. The number of nitrogen functional groups attached to an aromatic ring is 1. The van der Waals surface area contributed by atoms with Gasteiger partial charge in [0.1, 0.15) is 5.69 Å². The summed E-state index contributed by atoms with van der Waals surface area (Å²) in [5.74, 6) is -2.08. The fourth-order valence-corrected chi connectivity index (χ4v) is 1.50. The van der Waals surface area contributed by atoms with Gasteiger partial charge in [-0.2, -0.15) is 0 Å². The predicted octanol–water partition coefficient (Wildman–Crippen LogP) is 3.20. The van der Waals surface area contributed by atoms with Crippen LogP contribution in [0.5, 0.6) is 0 Å². The van der Waals surface area contributed by atoms with Crippen molar-refractivity contribution in [1.82, 2.24) is 0 Å². The number of nitrogens with one attached hydrogen (secondary N) is 1. The van der Waals surface area contributed by atoms with Crippen LogP contribution in [-0.2, 0) is 0 Å². The van der Waals surface area contributed by atoms with E-state index in [2.05, 4.69) is 5.32 Å². The van der Waals surface area contributed by atoms with Gasteiger partial charge in [-0.3, -0.25) is 10.1 Å². The van der Waals surface area contributed by atoms with E-state index in [4.69, 9.17) is 5.73 Å². The number of anilines is 3. The minimum absolute atomic E-state index is 0.417. The first kappa shape index (κ1) is 12.7. The third-order valence-electron chi connectivity index (χ3n) is 2.42. The fraction of sp³-hybridized carbons (Fsp3) is 0. The predicted molar refractivity (Wildman–Crippen MR) is 67.1 cm³/mol. The molecule has 0 atom stereocenters. The minimum Gasteiger partial charge on any atom is -0.399 e. The number of hydrogen-bond donors (Lipinski definition) is 2. The third kappa shape index (κ3) is 2.76.